The van der Waals surface area contributed by atoms with Crippen LogP contribution in [0, 0.1) is 6.92 Å². The monoisotopic (exact) mass is 257 g/mol. The van der Waals surface area contributed by atoms with Crippen molar-refractivity contribution in [2.24, 2.45) is 7.05 Å². The Hall–Kier alpha value is -2.40. The van der Waals surface area contributed by atoms with E-state index in [1.54, 1.807) is 12.1 Å². The topological polar surface area (TPSA) is 92.4 Å². The molecule has 0 bridgehead atoms. The lowest BCUT2D eigenvalue weighted by Crippen LogP contribution is -2.08. The van der Waals surface area contributed by atoms with Crippen LogP contribution in [0.4, 0.5) is 5.69 Å². The Labute approximate surface area is 110 Å². The summed E-state index contributed by atoms with van der Waals surface area (Å²) in [5.74, 6) is 0. The molecule has 5 heteroatoms. The molecule has 4 N–H and O–H groups in total. The predicted molar refractivity (Wildman–Crippen MR) is 76.4 cm³/mol. The van der Waals surface area contributed by atoms with Gasteiger partial charge >= 0.3 is 0 Å². The van der Waals surface area contributed by atoms with Crippen molar-refractivity contribution >= 4 is 16.7 Å². The van der Waals surface area contributed by atoms with E-state index < -0.39 is 0 Å². The van der Waals surface area contributed by atoms with Gasteiger partial charge in [-0.1, -0.05) is 0 Å². The molecule has 0 saturated heterocycles. The molecule has 1 aromatic carbocycles. The Morgan fingerprint density at radius 3 is 2.68 bits per heavy atom. The molecule has 1 heterocycles. The minimum atomic E-state index is -0.0145. The van der Waals surface area contributed by atoms with Crippen LogP contribution in [0.25, 0.3) is 22.4 Å². The lowest BCUT2D eigenvalue weighted by atomic mass is 10.1. The summed E-state index contributed by atoms with van der Waals surface area (Å²) in [5.41, 5.74) is 11.1. The summed E-state index contributed by atoms with van der Waals surface area (Å²) in [6, 6.07) is 8.75. The maximum Gasteiger partial charge on any atom is 0.180 e. The number of hydrogen-bond donors (Lipinski definition) is 1. The summed E-state index contributed by atoms with van der Waals surface area (Å²) in [5, 5.41) is 0. The van der Waals surface area contributed by atoms with Crippen molar-refractivity contribution in [2.75, 3.05) is 5.73 Å². The van der Waals surface area contributed by atoms with Crippen LogP contribution in [0.15, 0.2) is 35.1 Å². The fourth-order valence-electron chi connectivity index (χ4n) is 2.18. The highest BCUT2D eigenvalue weighted by atomic mass is 16.1. The molecule has 0 atom stereocenters. The van der Waals surface area contributed by atoms with Gasteiger partial charge in [-0.3, -0.25) is 4.79 Å². The third-order valence-corrected chi connectivity index (χ3v) is 3.27. The third kappa shape index (κ3) is 1.94. The zero-order valence-corrected chi connectivity index (χ0v) is 10.8. The van der Waals surface area contributed by atoms with Crippen molar-refractivity contribution in [3.05, 3.63) is 46.1 Å². The van der Waals surface area contributed by atoms with Gasteiger partial charge in [-0.25, -0.2) is 4.98 Å². The van der Waals surface area contributed by atoms with E-state index in [0.717, 1.165) is 33.7 Å². The van der Waals surface area contributed by atoms with Crippen molar-refractivity contribution in [3.8, 4) is 11.4 Å². The van der Waals surface area contributed by atoms with E-state index in [0.29, 0.717) is 0 Å². The average molecular weight is 257 g/mol. The summed E-state index contributed by atoms with van der Waals surface area (Å²) in [7, 11) is 1.92. The molecule has 3 rings (SSSR count). The number of anilines is 1. The number of aryl methyl sites for hydroxylation is 2. The Balaban J connectivity index is 0.00000133. The van der Waals surface area contributed by atoms with Crippen molar-refractivity contribution in [3.63, 3.8) is 0 Å². The van der Waals surface area contributed by atoms with Crippen LogP contribution in [0.2, 0.25) is 0 Å². The lowest BCUT2D eigenvalue weighted by molar-refractivity contribution is 0.824. The van der Waals surface area contributed by atoms with Gasteiger partial charge in [0.05, 0.1) is 22.4 Å². The molecule has 5 nitrogen and oxygen atoms in total. The molecule has 0 fully saturated rings. The normalized spacial score (nSPS) is 10.6. The van der Waals surface area contributed by atoms with Crippen molar-refractivity contribution < 1.29 is 5.48 Å². The second-order valence-electron chi connectivity index (χ2n) is 4.52. The highest BCUT2D eigenvalue weighted by Gasteiger charge is 2.11. The van der Waals surface area contributed by atoms with Crippen LogP contribution in [0.3, 0.4) is 0 Å². The Kier molecular flexibility index (Phi) is 3.00. The summed E-state index contributed by atoms with van der Waals surface area (Å²) in [4.78, 5) is 16.0. The fraction of sp³-hybridized carbons (Fsp3) is 0.143. The van der Waals surface area contributed by atoms with Crippen LogP contribution in [-0.2, 0) is 7.05 Å². The standard InChI is InChI=1S/C14H13N3O.H2O/c1-8-5-12-14(7-10(8)15)17(2)13-6-9(18)3-4-11(13)16-12;/h3-7H,15H2,1-2H3;1H2. The van der Waals surface area contributed by atoms with E-state index >= 15 is 0 Å². The van der Waals surface area contributed by atoms with Crippen molar-refractivity contribution in [2.45, 2.75) is 6.92 Å². The second kappa shape index (κ2) is 4.37. The average Bonchev–Trinajstić information content (AvgIpc) is 2.33. The summed E-state index contributed by atoms with van der Waals surface area (Å²) >= 11 is 0. The number of fused-ring (bicyclic) bond motifs is 2. The molecule has 1 aliphatic heterocycles. The van der Waals surface area contributed by atoms with Gasteiger partial charge in [0.1, 0.15) is 0 Å². The molecule has 0 aromatic heterocycles. The first-order valence-corrected chi connectivity index (χ1v) is 5.73. The molecule has 1 aliphatic carbocycles. The van der Waals surface area contributed by atoms with Gasteiger partial charge in [0.15, 0.2) is 5.43 Å². The van der Waals surface area contributed by atoms with Crippen molar-refractivity contribution in [1.29, 1.82) is 0 Å². The molecule has 0 saturated carbocycles. The zero-order valence-electron chi connectivity index (χ0n) is 10.8. The van der Waals surface area contributed by atoms with Gasteiger partial charge in [-0.2, -0.15) is 0 Å². The van der Waals surface area contributed by atoms with E-state index in [4.69, 9.17) is 5.73 Å². The first-order chi connectivity index (χ1) is 8.56. The highest BCUT2D eigenvalue weighted by molar-refractivity contribution is 5.84. The van der Waals surface area contributed by atoms with Crippen LogP contribution < -0.4 is 11.2 Å². The van der Waals surface area contributed by atoms with Gasteiger partial charge < -0.3 is 15.8 Å². The molecule has 2 aliphatic rings. The fourth-order valence-corrected chi connectivity index (χ4v) is 2.18. The quantitative estimate of drug-likeness (QED) is 0.483. The van der Waals surface area contributed by atoms with E-state index in [9.17, 15) is 4.79 Å². The van der Waals surface area contributed by atoms with Gasteiger partial charge in [-0.05, 0) is 36.8 Å². The maximum absolute atomic E-state index is 11.4. The number of rotatable bonds is 0. The van der Waals surface area contributed by atoms with Gasteiger partial charge in [0, 0.05) is 18.8 Å². The molecular formula is C14H15N3O2. The maximum atomic E-state index is 11.4. The third-order valence-electron chi connectivity index (χ3n) is 3.27. The molecule has 1 aromatic rings. The van der Waals surface area contributed by atoms with Gasteiger partial charge in [0.2, 0.25) is 0 Å². The first-order valence-electron chi connectivity index (χ1n) is 5.73. The molecule has 19 heavy (non-hydrogen) atoms. The summed E-state index contributed by atoms with van der Waals surface area (Å²) in [6.45, 7) is 1.96. The minimum Gasteiger partial charge on any atom is -0.412 e. The number of nitrogens with two attached hydrogens (primary N) is 1. The first kappa shape index (κ1) is 13.0. The van der Waals surface area contributed by atoms with Crippen LogP contribution in [0.1, 0.15) is 5.56 Å². The van der Waals surface area contributed by atoms with E-state index in [-0.39, 0.29) is 10.9 Å². The Morgan fingerprint density at radius 2 is 1.95 bits per heavy atom. The van der Waals surface area contributed by atoms with Crippen LogP contribution in [0.5, 0.6) is 0 Å². The number of hydrogen-bond acceptors (Lipinski definition) is 3. The molecule has 0 radical (unpaired) electrons. The predicted octanol–water partition coefficient (Wildman–Crippen LogP) is 1.10. The number of nitrogen functional groups attached to an aromatic ring is 1. The SMILES string of the molecule is Cc1cc2nc3ccc(=O)cc-3n(C)c2cc1N.O. The Bertz CT molecular complexity index is 793. The minimum absolute atomic E-state index is 0. The van der Waals surface area contributed by atoms with E-state index in [1.165, 1.54) is 6.07 Å². The summed E-state index contributed by atoms with van der Waals surface area (Å²) in [6.07, 6.45) is 0. The lowest BCUT2D eigenvalue weighted by Gasteiger charge is -2.15. The Morgan fingerprint density at radius 1 is 1.21 bits per heavy atom. The molecule has 0 unspecified atom stereocenters. The second-order valence-corrected chi connectivity index (χ2v) is 4.52. The zero-order chi connectivity index (χ0) is 12.9. The van der Waals surface area contributed by atoms with Gasteiger partial charge in [-0.15, -0.1) is 0 Å². The summed E-state index contributed by atoms with van der Waals surface area (Å²) < 4.78 is 1.95. The molecular weight excluding hydrogens is 242 g/mol. The van der Waals surface area contributed by atoms with Crippen LogP contribution in [-0.4, -0.2) is 15.0 Å². The molecule has 0 amide bonds. The van der Waals surface area contributed by atoms with E-state index in [1.807, 2.05) is 30.7 Å². The molecule has 0 spiro atoms. The largest absolute Gasteiger partial charge is 0.412 e. The van der Waals surface area contributed by atoms with Gasteiger partial charge in [0.25, 0.3) is 0 Å². The number of nitrogens with zero attached hydrogens (tertiary/aromatic N) is 2. The molecule has 98 valence electrons. The van der Waals surface area contributed by atoms with Crippen molar-refractivity contribution in [1.82, 2.24) is 9.55 Å². The number of aromatic nitrogens is 2. The van der Waals surface area contributed by atoms with E-state index in [2.05, 4.69) is 4.98 Å². The van der Waals surface area contributed by atoms with Crippen LogP contribution >= 0.6 is 0 Å². The highest BCUT2D eigenvalue weighted by Crippen LogP contribution is 2.26. The number of benzene rings is 2. The smallest absolute Gasteiger partial charge is 0.180 e.